The molecule has 2 aliphatic rings. The SMILES string of the molecule is CC1=CC(C)(C)CCC1=COC=C1CCC(C)(C)C=C1C. The lowest BCUT2D eigenvalue weighted by molar-refractivity contribution is 0.370. The van der Waals surface area contributed by atoms with Gasteiger partial charge in [0.1, 0.15) is 0 Å². The smallest absolute Gasteiger partial charge is 0.0936 e. The van der Waals surface area contributed by atoms with Crippen molar-refractivity contribution in [2.75, 3.05) is 0 Å². The molecule has 116 valence electrons. The van der Waals surface area contributed by atoms with Gasteiger partial charge in [0.05, 0.1) is 12.5 Å². The number of hydrogen-bond donors (Lipinski definition) is 0. The molecule has 0 amide bonds. The van der Waals surface area contributed by atoms with Crippen LogP contribution in [0.1, 0.15) is 67.2 Å². The maximum absolute atomic E-state index is 5.78. The Morgan fingerprint density at radius 1 is 0.810 bits per heavy atom. The van der Waals surface area contributed by atoms with E-state index in [1.807, 2.05) is 12.5 Å². The van der Waals surface area contributed by atoms with E-state index in [1.54, 1.807) is 0 Å². The Labute approximate surface area is 130 Å². The molecule has 0 atom stereocenters. The van der Waals surface area contributed by atoms with E-state index in [9.17, 15) is 0 Å². The van der Waals surface area contributed by atoms with Crippen molar-refractivity contribution in [3.8, 4) is 0 Å². The zero-order chi connectivity index (χ0) is 15.7. The number of hydrogen-bond acceptors (Lipinski definition) is 1. The van der Waals surface area contributed by atoms with Crippen LogP contribution in [0.4, 0.5) is 0 Å². The number of allylic oxidation sites excluding steroid dienone is 6. The van der Waals surface area contributed by atoms with Crippen molar-refractivity contribution < 1.29 is 4.74 Å². The van der Waals surface area contributed by atoms with Crippen molar-refractivity contribution in [2.45, 2.75) is 67.2 Å². The van der Waals surface area contributed by atoms with Crippen molar-refractivity contribution >= 4 is 0 Å². The summed E-state index contributed by atoms with van der Waals surface area (Å²) in [4.78, 5) is 0. The predicted octanol–water partition coefficient (Wildman–Crippen LogP) is 6.30. The molecule has 21 heavy (non-hydrogen) atoms. The van der Waals surface area contributed by atoms with Gasteiger partial charge in [0, 0.05) is 0 Å². The van der Waals surface area contributed by atoms with Crippen LogP contribution in [0, 0.1) is 10.8 Å². The highest BCUT2D eigenvalue weighted by atomic mass is 16.5. The summed E-state index contributed by atoms with van der Waals surface area (Å²) in [5, 5.41) is 0. The molecule has 0 aromatic rings. The third-order valence-corrected chi connectivity index (χ3v) is 4.73. The highest BCUT2D eigenvalue weighted by Crippen LogP contribution is 2.37. The highest BCUT2D eigenvalue weighted by molar-refractivity contribution is 5.34. The molecule has 0 spiro atoms. The van der Waals surface area contributed by atoms with Crippen LogP contribution in [0.3, 0.4) is 0 Å². The standard InChI is InChI=1S/C20H30O/c1-15-11-19(3,4)9-7-17(15)13-21-14-18-8-10-20(5,6)12-16(18)2/h11-14H,7-10H2,1-6H3. The van der Waals surface area contributed by atoms with E-state index in [0.717, 1.165) is 12.8 Å². The van der Waals surface area contributed by atoms with E-state index in [2.05, 4.69) is 53.7 Å². The first kappa shape index (κ1) is 16.1. The van der Waals surface area contributed by atoms with Crippen LogP contribution in [-0.4, -0.2) is 0 Å². The molecule has 2 rings (SSSR count). The van der Waals surface area contributed by atoms with Crippen LogP contribution >= 0.6 is 0 Å². The first-order chi connectivity index (χ1) is 9.69. The van der Waals surface area contributed by atoms with Gasteiger partial charge >= 0.3 is 0 Å². The summed E-state index contributed by atoms with van der Waals surface area (Å²) >= 11 is 0. The molecule has 0 unspecified atom stereocenters. The summed E-state index contributed by atoms with van der Waals surface area (Å²) in [6.45, 7) is 13.6. The van der Waals surface area contributed by atoms with Gasteiger partial charge in [-0.15, -0.1) is 0 Å². The summed E-state index contributed by atoms with van der Waals surface area (Å²) in [6, 6.07) is 0. The van der Waals surface area contributed by atoms with Crippen LogP contribution in [-0.2, 0) is 4.74 Å². The maximum Gasteiger partial charge on any atom is 0.0936 e. The molecule has 0 aliphatic heterocycles. The average molecular weight is 286 g/mol. The van der Waals surface area contributed by atoms with Crippen LogP contribution in [0.2, 0.25) is 0 Å². The van der Waals surface area contributed by atoms with Gasteiger partial charge in [-0.3, -0.25) is 0 Å². The Morgan fingerprint density at radius 3 is 1.52 bits per heavy atom. The van der Waals surface area contributed by atoms with E-state index in [-0.39, 0.29) is 0 Å². The fourth-order valence-electron chi connectivity index (χ4n) is 3.31. The lowest BCUT2D eigenvalue weighted by Crippen LogP contribution is -2.14. The molecular formula is C20H30O. The van der Waals surface area contributed by atoms with E-state index >= 15 is 0 Å². The van der Waals surface area contributed by atoms with E-state index in [4.69, 9.17) is 4.74 Å². The molecule has 0 fully saturated rings. The number of ether oxygens (including phenoxy) is 1. The largest absolute Gasteiger partial charge is 0.472 e. The lowest BCUT2D eigenvalue weighted by Gasteiger charge is -2.28. The van der Waals surface area contributed by atoms with Crippen molar-refractivity contribution in [2.24, 2.45) is 10.8 Å². The van der Waals surface area contributed by atoms with Crippen LogP contribution < -0.4 is 0 Å². The minimum atomic E-state index is 0.328. The van der Waals surface area contributed by atoms with Crippen molar-refractivity contribution in [1.82, 2.24) is 0 Å². The summed E-state index contributed by atoms with van der Waals surface area (Å²) in [7, 11) is 0. The average Bonchev–Trinajstić information content (AvgIpc) is 2.33. The maximum atomic E-state index is 5.78. The Bertz CT molecular complexity index is 476. The van der Waals surface area contributed by atoms with Gasteiger partial charge < -0.3 is 4.74 Å². The molecule has 0 radical (unpaired) electrons. The normalized spacial score (nSPS) is 28.3. The van der Waals surface area contributed by atoms with E-state index in [0.29, 0.717) is 10.8 Å². The summed E-state index contributed by atoms with van der Waals surface area (Å²) < 4.78 is 5.78. The summed E-state index contributed by atoms with van der Waals surface area (Å²) in [6.07, 6.45) is 13.2. The Kier molecular flexibility index (Phi) is 4.51. The minimum absolute atomic E-state index is 0.328. The van der Waals surface area contributed by atoms with E-state index in [1.165, 1.54) is 35.1 Å². The molecular weight excluding hydrogens is 256 g/mol. The molecule has 0 N–H and O–H groups in total. The second kappa shape index (κ2) is 5.87. The molecule has 0 saturated heterocycles. The molecule has 0 aromatic heterocycles. The highest BCUT2D eigenvalue weighted by Gasteiger charge is 2.23. The molecule has 2 aliphatic carbocycles. The van der Waals surface area contributed by atoms with Crippen molar-refractivity contribution in [3.63, 3.8) is 0 Å². The topological polar surface area (TPSA) is 9.23 Å². The van der Waals surface area contributed by atoms with Crippen LogP contribution in [0.15, 0.2) is 47.0 Å². The summed E-state index contributed by atoms with van der Waals surface area (Å²) in [5.41, 5.74) is 6.05. The van der Waals surface area contributed by atoms with Gasteiger partial charge in [0.25, 0.3) is 0 Å². The Hall–Kier alpha value is -1.24. The third kappa shape index (κ3) is 4.36. The van der Waals surface area contributed by atoms with Gasteiger partial charge in [-0.1, -0.05) is 39.8 Å². The van der Waals surface area contributed by atoms with Gasteiger partial charge in [0.2, 0.25) is 0 Å². The van der Waals surface area contributed by atoms with E-state index < -0.39 is 0 Å². The molecule has 1 nitrogen and oxygen atoms in total. The minimum Gasteiger partial charge on any atom is -0.472 e. The third-order valence-electron chi connectivity index (χ3n) is 4.73. The van der Waals surface area contributed by atoms with Gasteiger partial charge in [0.15, 0.2) is 0 Å². The zero-order valence-electron chi connectivity index (χ0n) is 14.5. The monoisotopic (exact) mass is 286 g/mol. The van der Waals surface area contributed by atoms with Crippen molar-refractivity contribution in [3.05, 3.63) is 47.0 Å². The second-order valence-electron chi connectivity index (χ2n) is 8.05. The second-order valence-corrected chi connectivity index (χ2v) is 8.05. The molecule has 0 bridgehead atoms. The van der Waals surface area contributed by atoms with Gasteiger partial charge in [-0.2, -0.15) is 0 Å². The zero-order valence-corrected chi connectivity index (χ0v) is 14.5. The molecule has 0 aromatic carbocycles. The van der Waals surface area contributed by atoms with Gasteiger partial charge in [-0.25, -0.2) is 0 Å². The van der Waals surface area contributed by atoms with Crippen LogP contribution in [0.5, 0.6) is 0 Å². The fourth-order valence-corrected chi connectivity index (χ4v) is 3.31. The quantitative estimate of drug-likeness (QED) is 0.541. The lowest BCUT2D eigenvalue weighted by atomic mass is 9.78. The molecule has 0 heterocycles. The Morgan fingerprint density at radius 2 is 1.19 bits per heavy atom. The molecule has 1 heteroatoms. The predicted molar refractivity (Wildman–Crippen MR) is 90.8 cm³/mol. The first-order valence-electron chi connectivity index (χ1n) is 8.12. The fraction of sp³-hybridized carbons (Fsp3) is 0.600. The number of rotatable bonds is 2. The van der Waals surface area contributed by atoms with Gasteiger partial charge in [-0.05, 0) is 72.7 Å². The molecule has 0 saturated carbocycles. The van der Waals surface area contributed by atoms with Crippen molar-refractivity contribution in [1.29, 1.82) is 0 Å². The first-order valence-corrected chi connectivity index (χ1v) is 8.12. The summed E-state index contributed by atoms with van der Waals surface area (Å²) in [5.74, 6) is 0. The Balaban J connectivity index is 2.05. The van der Waals surface area contributed by atoms with Crippen LogP contribution in [0.25, 0.3) is 0 Å².